The summed E-state index contributed by atoms with van der Waals surface area (Å²) in [5.41, 5.74) is 0.686. The van der Waals surface area contributed by atoms with Gasteiger partial charge in [-0.25, -0.2) is 4.79 Å². The van der Waals surface area contributed by atoms with Crippen molar-refractivity contribution in [3.05, 3.63) is 42.7 Å². The number of carbonyl (C=O) groups is 2. The largest absolute Gasteiger partial charge is 0.363 e. The van der Waals surface area contributed by atoms with E-state index in [0.717, 1.165) is 6.42 Å². The highest BCUT2D eigenvalue weighted by Gasteiger charge is 2.17. The molecule has 1 aromatic heterocycles. The summed E-state index contributed by atoms with van der Waals surface area (Å²) in [6.07, 6.45) is 2.11. The number of aromatic nitrogens is 1. The molecule has 0 aliphatic carbocycles. The Morgan fingerprint density at radius 3 is 2.59 bits per heavy atom. The van der Waals surface area contributed by atoms with Crippen molar-refractivity contribution < 1.29 is 14.1 Å². The van der Waals surface area contributed by atoms with Crippen molar-refractivity contribution in [3.8, 4) is 0 Å². The quantitative estimate of drug-likeness (QED) is 0.858. The number of anilines is 2. The Hall–Kier alpha value is -2.83. The maximum absolute atomic E-state index is 12.2. The molecule has 0 aliphatic rings. The molecule has 2 aromatic rings. The zero-order valence-electron chi connectivity index (χ0n) is 12.3. The number of nitrogens with zero attached hydrogens (tertiary/aromatic N) is 2. The van der Waals surface area contributed by atoms with Crippen LogP contribution >= 0.6 is 0 Å². The Morgan fingerprint density at radius 2 is 1.95 bits per heavy atom. The Morgan fingerprint density at radius 1 is 1.18 bits per heavy atom. The number of nitrogens with one attached hydrogen (secondary N) is 2. The van der Waals surface area contributed by atoms with Gasteiger partial charge < -0.3 is 20.1 Å². The molecule has 0 fully saturated rings. The number of carbonyl (C=O) groups excluding carboxylic acids is 2. The third-order valence-electron chi connectivity index (χ3n) is 2.85. The molecule has 0 bridgehead atoms. The molecule has 1 aromatic carbocycles. The van der Waals surface area contributed by atoms with Crippen LogP contribution in [-0.2, 0) is 4.79 Å². The molecule has 0 saturated heterocycles. The predicted molar refractivity (Wildman–Crippen MR) is 82.5 cm³/mol. The maximum Gasteiger partial charge on any atom is 0.322 e. The Labute approximate surface area is 128 Å². The van der Waals surface area contributed by atoms with Gasteiger partial charge >= 0.3 is 6.03 Å². The Kier molecular flexibility index (Phi) is 5.53. The molecule has 1 heterocycles. The number of amides is 3. The standard InChI is InChI=1S/C15H18N4O3/c1-2-9-19(11-14(20)17-13-8-10-22-18-13)15(21)16-12-6-4-3-5-7-12/h3-8,10H,2,9,11H2,1H3,(H,16,21)(H,17,18,20). The molecule has 2 N–H and O–H groups in total. The molecule has 7 heteroatoms. The average molecular weight is 302 g/mol. The van der Waals surface area contributed by atoms with E-state index in [1.165, 1.54) is 17.2 Å². The monoisotopic (exact) mass is 302 g/mol. The molecular formula is C15H18N4O3. The van der Waals surface area contributed by atoms with Crippen LogP contribution in [0.15, 0.2) is 47.2 Å². The highest BCUT2D eigenvalue weighted by atomic mass is 16.5. The van der Waals surface area contributed by atoms with Crippen LogP contribution in [0.5, 0.6) is 0 Å². The smallest absolute Gasteiger partial charge is 0.322 e. The van der Waals surface area contributed by atoms with Gasteiger partial charge in [-0.3, -0.25) is 4.79 Å². The summed E-state index contributed by atoms with van der Waals surface area (Å²) in [6, 6.07) is 10.3. The van der Waals surface area contributed by atoms with Crippen molar-refractivity contribution >= 4 is 23.4 Å². The fourth-order valence-corrected chi connectivity index (χ4v) is 1.88. The van der Waals surface area contributed by atoms with Crippen LogP contribution in [0.1, 0.15) is 13.3 Å². The molecule has 2 rings (SSSR count). The van der Waals surface area contributed by atoms with Crippen LogP contribution in [0.3, 0.4) is 0 Å². The number of hydrogen-bond acceptors (Lipinski definition) is 4. The number of para-hydroxylation sites is 1. The minimum atomic E-state index is -0.328. The normalized spacial score (nSPS) is 10.0. The van der Waals surface area contributed by atoms with Gasteiger partial charge in [-0.1, -0.05) is 30.3 Å². The van der Waals surface area contributed by atoms with Crippen molar-refractivity contribution in [2.45, 2.75) is 13.3 Å². The van der Waals surface area contributed by atoms with E-state index in [9.17, 15) is 9.59 Å². The van der Waals surface area contributed by atoms with Crippen molar-refractivity contribution in [2.24, 2.45) is 0 Å². The van der Waals surface area contributed by atoms with Gasteiger partial charge in [0.25, 0.3) is 0 Å². The fourth-order valence-electron chi connectivity index (χ4n) is 1.88. The first-order valence-corrected chi connectivity index (χ1v) is 7.00. The second-order valence-corrected chi connectivity index (χ2v) is 4.65. The van der Waals surface area contributed by atoms with Crippen LogP contribution < -0.4 is 10.6 Å². The van der Waals surface area contributed by atoms with Crippen LogP contribution in [0, 0.1) is 0 Å². The van der Waals surface area contributed by atoms with E-state index in [-0.39, 0.29) is 18.5 Å². The molecule has 0 atom stereocenters. The van der Waals surface area contributed by atoms with E-state index >= 15 is 0 Å². The lowest BCUT2D eigenvalue weighted by molar-refractivity contribution is -0.116. The lowest BCUT2D eigenvalue weighted by Gasteiger charge is -2.21. The van der Waals surface area contributed by atoms with Crippen molar-refractivity contribution in [2.75, 3.05) is 23.7 Å². The first kappa shape index (κ1) is 15.6. The molecule has 0 saturated carbocycles. The van der Waals surface area contributed by atoms with Gasteiger partial charge in [0.05, 0.1) is 0 Å². The molecule has 0 spiro atoms. The first-order valence-electron chi connectivity index (χ1n) is 7.00. The summed E-state index contributed by atoms with van der Waals surface area (Å²) in [6.45, 7) is 2.36. The molecule has 7 nitrogen and oxygen atoms in total. The predicted octanol–water partition coefficient (Wildman–Crippen LogP) is 2.56. The summed E-state index contributed by atoms with van der Waals surface area (Å²) in [5.74, 6) is -0.00419. The van der Waals surface area contributed by atoms with E-state index in [1.54, 1.807) is 12.1 Å². The molecule has 116 valence electrons. The van der Waals surface area contributed by atoms with E-state index in [1.807, 2.05) is 25.1 Å². The molecule has 0 unspecified atom stereocenters. The summed E-state index contributed by atoms with van der Waals surface area (Å²) in [5, 5.41) is 8.92. The molecule has 3 amide bonds. The first-order chi connectivity index (χ1) is 10.7. The number of benzene rings is 1. The van der Waals surface area contributed by atoms with Gasteiger partial charge in [-0.2, -0.15) is 0 Å². The second kappa shape index (κ2) is 7.82. The lowest BCUT2D eigenvalue weighted by Crippen LogP contribution is -2.41. The topological polar surface area (TPSA) is 87.5 Å². The summed E-state index contributed by atoms with van der Waals surface area (Å²) in [7, 11) is 0. The summed E-state index contributed by atoms with van der Waals surface area (Å²) < 4.78 is 4.64. The van der Waals surface area contributed by atoms with Crippen molar-refractivity contribution in [3.63, 3.8) is 0 Å². The van der Waals surface area contributed by atoms with Gasteiger partial charge in [0, 0.05) is 18.3 Å². The highest BCUT2D eigenvalue weighted by molar-refractivity contribution is 5.96. The number of hydrogen-bond donors (Lipinski definition) is 2. The molecule has 0 radical (unpaired) electrons. The molecular weight excluding hydrogens is 284 g/mol. The fraction of sp³-hybridized carbons (Fsp3) is 0.267. The minimum absolute atomic E-state index is 0.0562. The maximum atomic E-state index is 12.2. The lowest BCUT2D eigenvalue weighted by atomic mass is 10.3. The second-order valence-electron chi connectivity index (χ2n) is 4.65. The van der Waals surface area contributed by atoms with Gasteiger partial charge in [0.2, 0.25) is 5.91 Å². The van der Waals surface area contributed by atoms with E-state index in [4.69, 9.17) is 0 Å². The minimum Gasteiger partial charge on any atom is -0.363 e. The van der Waals surface area contributed by atoms with Crippen LogP contribution in [0.25, 0.3) is 0 Å². The van der Waals surface area contributed by atoms with Crippen molar-refractivity contribution in [1.29, 1.82) is 0 Å². The van der Waals surface area contributed by atoms with Crippen LogP contribution in [-0.4, -0.2) is 35.1 Å². The third kappa shape index (κ3) is 4.62. The zero-order valence-corrected chi connectivity index (χ0v) is 12.3. The summed E-state index contributed by atoms with van der Waals surface area (Å²) >= 11 is 0. The number of urea groups is 1. The average Bonchev–Trinajstić information content (AvgIpc) is 3.00. The van der Waals surface area contributed by atoms with Gasteiger partial charge in [-0.05, 0) is 18.6 Å². The van der Waals surface area contributed by atoms with E-state index < -0.39 is 0 Å². The van der Waals surface area contributed by atoms with Crippen molar-refractivity contribution in [1.82, 2.24) is 10.1 Å². The highest BCUT2D eigenvalue weighted by Crippen LogP contribution is 2.07. The Bertz CT molecular complexity index is 599. The van der Waals surface area contributed by atoms with Crippen LogP contribution in [0.2, 0.25) is 0 Å². The van der Waals surface area contributed by atoms with Gasteiger partial charge in [0.15, 0.2) is 5.82 Å². The molecule has 22 heavy (non-hydrogen) atoms. The van der Waals surface area contributed by atoms with Gasteiger partial charge in [-0.15, -0.1) is 0 Å². The third-order valence-corrected chi connectivity index (χ3v) is 2.85. The zero-order chi connectivity index (χ0) is 15.8. The number of rotatable bonds is 6. The van der Waals surface area contributed by atoms with E-state index in [2.05, 4.69) is 20.3 Å². The van der Waals surface area contributed by atoms with Crippen LogP contribution in [0.4, 0.5) is 16.3 Å². The van der Waals surface area contributed by atoms with E-state index in [0.29, 0.717) is 18.1 Å². The SMILES string of the molecule is CCCN(CC(=O)Nc1ccon1)C(=O)Nc1ccccc1. The molecule has 0 aliphatic heterocycles. The van der Waals surface area contributed by atoms with Gasteiger partial charge in [0.1, 0.15) is 12.8 Å². The Balaban J connectivity index is 1.93. The summed E-state index contributed by atoms with van der Waals surface area (Å²) in [4.78, 5) is 25.6.